The van der Waals surface area contributed by atoms with Crippen LogP contribution in [0.2, 0.25) is 0 Å². The molecule has 0 bridgehead atoms. The summed E-state index contributed by atoms with van der Waals surface area (Å²) in [6.07, 6.45) is 0. The second kappa shape index (κ2) is 7.70. The van der Waals surface area contributed by atoms with Gasteiger partial charge in [-0.2, -0.15) is 0 Å². The maximum Gasteiger partial charge on any atom is 0.282 e. The monoisotopic (exact) mass is 338 g/mol. The highest BCUT2D eigenvalue weighted by atomic mass is 16.2. The molecule has 1 aliphatic heterocycles. The fourth-order valence-electron chi connectivity index (χ4n) is 3.50. The number of benzene rings is 2. The predicted octanol–water partition coefficient (Wildman–Crippen LogP) is 2.04. The normalized spacial score (nSPS) is 16.5. The number of rotatable bonds is 4. The van der Waals surface area contributed by atoms with Crippen molar-refractivity contribution in [2.75, 3.05) is 36.4 Å². The Bertz CT molecular complexity index is 721. The minimum absolute atomic E-state index is 0.0429. The van der Waals surface area contributed by atoms with Gasteiger partial charge in [-0.1, -0.05) is 35.9 Å². The van der Waals surface area contributed by atoms with Crippen LogP contribution in [0.25, 0.3) is 0 Å². The fraction of sp³-hybridized carbons (Fsp3) is 0.381. The summed E-state index contributed by atoms with van der Waals surface area (Å²) in [5, 5.41) is 3.10. The van der Waals surface area contributed by atoms with E-state index < -0.39 is 0 Å². The van der Waals surface area contributed by atoms with E-state index in [2.05, 4.69) is 47.5 Å². The van der Waals surface area contributed by atoms with Crippen molar-refractivity contribution in [3.05, 3.63) is 59.7 Å². The second-order valence-electron chi connectivity index (χ2n) is 7.01. The molecule has 0 saturated carbocycles. The number of nitrogens with zero attached hydrogens (tertiary/aromatic N) is 1. The van der Waals surface area contributed by atoms with Crippen LogP contribution in [-0.2, 0) is 4.79 Å². The Morgan fingerprint density at radius 1 is 1.08 bits per heavy atom. The highest BCUT2D eigenvalue weighted by molar-refractivity contribution is 5.94. The summed E-state index contributed by atoms with van der Waals surface area (Å²) in [4.78, 5) is 16.4. The third-order valence-corrected chi connectivity index (χ3v) is 5.17. The van der Waals surface area contributed by atoms with Gasteiger partial charge in [-0.25, -0.2) is 0 Å². The number of aryl methyl sites for hydroxylation is 2. The summed E-state index contributed by atoms with van der Waals surface area (Å²) in [7, 11) is 0. The molecule has 0 aliphatic carbocycles. The highest BCUT2D eigenvalue weighted by Crippen LogP contribution is 2.16. The van der Waals surface area contributed by atoms with E-state index in [1.165, 1.54) is 16.2 Å². The first-order valence-corrected chi connectivity index (χ1v) is 9.07. The largest absolute Gasteiger partial charge is 0.360 e. The van der Waals surface area contributed by atoms with Crippen LogP contribution >= 0.6 is 0 Å². The molecule has 132 valence electrons. The number of anilines is 2. The third-order valence-electron chi connectivity index (χ3n) is 5.17. The fourth-order valence-corrected chi connectivity index (χ4v) is 3.50. The standard InChI is InChI=1S/C21H27N3O/c1-16-9-10-20(17(2)15-16)22-21(25)18(3)23-11-13-24(14-12-23)19-7-5-4-6-8-19/h4-10,15,18H,11-14H2,1-3H3,(H,22,25)/p+1/t18-/m0/s1. The Labute approximate surface area is 150 Å². The van der Waals surface area contributed by atoms with Gasteiger partial charge in [0.05, 0.1) is 26.2 Å². The SMILES string of the molecule is Cc1ccc(NC(=O)[C@H](C)[NH+]2CCN(c3ccccc3)CC2)c(C)c1. The summed E-state index contributed by atoms with van der Waals surface area (Å²) < 4.78 is 0. The Hall–Kier alpha value is -2.33. The van der Waals surface area contributed by atoms with Crippen LogP contribution < -0.4 is 15.1 Å². The number of carbonyl (C=O) groups excluding carboxylic acids is 1. The zero-order valence-electron chi connectivity index (χ0n) is 15.4. The van der Waals surface area contributed by atoms with Crippen LogP contribution in [0.3, 0.4) is 0 Å². The maximum atomic E-state index is 12.7. The van der Waals surface area contributed by atoms with Gasteiger partial charge in [-0.05, 0) is 44.5 Å². The molecular formula is C21H28N3O+. The molecular weight excluding hydrogens is 310 g/mol. The predicted molar refractivity (Wildman–Crippen MR) is 103 cm³/mol. The summed E-state index contributed by atoms with van der Waals surface area (Å²) >= 11 is 0. The van der Waals surface area contributed by atoms with Crippen LogP contribution in [0.15, 0.2) is 48.5 Å². The second-order valence-corrected chi connectivity index (χ2v) is 7.01. The minimum Gasteiger partial charge on any atom is -0.360 e. The first-order valence-electron chi connectivity index (χ1n) is 9.07. The van der Waals surface area contributed by atoms with Crippen molar-refractivity contribution in [1.29, 1.82) is 0 Å². The van der Waals surface area contributed by atoms with Crippen LogP contribution in [0.4, 0.5) is 11.4 Å². The summed E-state index contributed by atoms with van der Waals surface area (Å²) in [6.45, 7) is 10.1. The molecule has 1 fully saturated rings. The molecule has 0 unspecified atom stereocenters. The maximum absolute atomic E-state index is 12.7. The number of carbonyl (C=O) groups is 1. The number of para-hydroxylation sites is 1. The number of quaternary nitrogens is 1. The Kier molecular flexibility index (Phi) is 5.39. The zero-order valence-corrected chi connectivity index (χ0v) is 15.4. The molecule has 25 heavy (non-hydrogen) atoms. The average molecular weight is 338 g/mol. The number of piperazine rings is 1. The molecule has 1 saturated heterocycles. The minimum atomic E-state index is -0.0429. The van der Waals surface area contributed by atoms with Crippen molar-refractivity contribution in [2.45, 2.75) is 26.8 Å². The van der Waals surface area contributed by atoms with Crippen molar-refractivity contribution >= 4 is 17.3 Å². The van der Waals surface area contributed by atoms with Crippen molar-refractivity contribution < 1.29 is 9.69 Å². The smallest absolute Gasteiger partial charge is 0.282 e. The van der Waals surface area contributed by atoms with Gasteiger partial charge >= 0.3 is 0 Å². The highest BCUT2D eigenvalue weighted by Gasteiger charge is 2.29. The lowest BCUT2D eigenvalue weighted by Gasteiger charge is -2.36. The quantitative estimate of drug-likeness (QED) is 0.895. The molecule has 4 heteroatoms. The first kappa shape index (κ1) is 17.5. The number of hydrogen-bond donors (Lipinski definition) is 2. The van der Waals surface area contributed by atoms with E-state index >= 15 is 0 Å². The van der Waals surface area contributed by atoms with E-state index in [1.807, 2.05) is 32.0 Å². The molecule has 0 aromatic heterocycles. The number of amides is 1. The number of hydrogen-bond acceptors (Lipinski definition) is 2. The topological polar surface area (TPSA) is 36.8 Å². The lowest BCUT2D eigenvalue weighted by Crippen LogP contribution is -3.19. The van der Waals surface area contributed by atoms with Crippen molar-refractivity contribution in [2.24, 2.45) is 0 Å². The first-order chi connectivity index (χ1) is 12.0. The molecule has 0 radical (unpaired) electrons. The van der Waals surface area contributed by atoms with E-state index in [4.69, 9.17) is 0 Å². The Morgan fingerprint density at radius 2 is 1.76 bits per heavy atom. The van der Waals surface area contributed by atoms with Crippen molar-refractivity contribution in [1.82, 2.24) is 0 Å². The van der Waals surface area contributed by atoms with Gasteiger partial charge < -0.3 is 15.1 Å². The summed E-state index contributed by atoms with van der Waals surface area (Å²) in [6, 6.07) is 16.6. The Balaban J connectivity index is 1.56. The molecule has 4 nitrogen and oxygen atoms in total. The van der Waals surface area contributed by atoms with E-state index in [0.717, 1.165) is 37.4 Å². The van der Waals surface area contributed by atoms with Gasteiger partial charge in [0.15, 0.2) is 6.04 Å². The summed E-state index contributed by atoms with van der Waals surface area (Å²) in [5.74, 6) is 0.107. The molecule has 2 N–H and O–H groups in total. The van der Waals surface area contributed by atoms with Gasteiger partial charge in [0.2, 0.25) is 0 Å². The lowest BCUT2D eigenvalue weighted by molar-refractivity contribution is -0.914. The summed E-state index contributed by atoms with van der Waals surface area (Å²) in [5.41, 5.74) is 4.52. The average Bonchev–Trinajstić information content (AvgIpc) is 2.64. The van der Waals surface area contributed by atoms with Gasteiger partial charge in [-0.3, -0.25) is 4.79 Å². The zero-order chi connectivity index (χ0) is 17.8. The van der Waals surface area contributed by atoms with E-state index in [0.29, 0.717) is 0 Å². The van der Waals surface area contributed by atoms with Gasteiger partial charge in [-0.15, -0.1) is 0 Å². The molecule has 1 heterocycles. The van der Waals surface area contributed by atoms with Gasteiger partial charge in [0, 0.05) is 11.4 Å². The molecule has 1 aliphatic rings. The van der Waals surface area contributed by atoms with Crippen LogP contribution in [0, 0.1) is 13.8 Å². The lowest BCUT2D eigenvalue weighted by atomic mass is 10.1. The van der Waals surface area contributed by atoms with Gasteiger partial charge in [0.25, 0.3) is 5.91 Å². The third kappa shape index (κ3) is 4.20. The molecule has 3 rings (SSSR count). The van der Waals surface area contributed by atoms with E-state index in [-0.39, 0.29) is 11.9 Å². The van der Waals surface area contributed by atoms with E-state index in [1.54, 1.807) is 0 Å². The van der Waals surface area contributed by atoms with Crippen LogP contribution in [-0.4, -0.2) is 38.1 Å². The molecule has 1 amide bonds. The van der Waals surface area contributed by atoms with Gasteiger partial charge in [0.1, 0.15) is 0 Å². The Morgan fingerprint density at radius 3 is 2.40 bits per heavy atom. The van der Waals surface area contributed by atoms with Crippen LogP contribution in [0.1, 0.15) is 18.1 Å². The molecule has 0 spiro atoms. The molecule has 2 aromatic carbocycles. The van der Waals surface area contributed by atoms with Crippen LogP contribution in [0.5, 0.6) is 0 Å². The number of nitrogens with one attached hydrogen (secondary N) is 2. The van der Waals surface area contributed by atoms with E-state index in [9.17, 15) is 4.79 Å². The molecule has 1 atom stereocenters. The van der Waals surface area contributed by atoms with Crippen molar-refractivity contribution in [3.8, 4) is 0 Å². The molecule has 2 aromatic rings. The van der Waals surface area contributed by atoms with Crippen molar-refractivity contribution in [3.63, 3.8) is 0 Å².